The lowest BCUT2D eigenvalue weighted by molar-refractivity contribution is -0.134. The standard InChI is InChI=1S/C17H25N3O/c18-16(14-7-2-1-3-8-14)17(21)20-12-6-9-15(13-20)19-10-4-5-11-19/h1-3,7-8,15-16H,4-6,9-13,18H2. The molecule has 2 saturated heterocycles. The van der Waals surface area contributed by atoms with Gasteiger partial charge < -0.3 is 10.6 Å². The Morgan fingerprint density at radius 3 is 2.52 bits per heavy atom. The van der Waals surface area contributed by atoms with Crippen LogP contribution in [0.4, 0.5) is 0 Å². The fourth-order valence-corrected chi connectivity index (χ4v) is 3.56. The molecular weight excluding hydrogens is 262 g/mol. The van der Waals surface area contributed by atoms with E-state index >= 15 is 0 Å². The molecule has 1 aromatic rings. The number of nitrogens with zero attached hydrogens (tertiary/aromatic N) is 2. The molecular formula is C17H25N3O. The van der Waals surface area contributed by atoms with Gasteiger partial charge in [0.05, 0.1) is 0 Å². The zero-order valence-corrected chi connectivity index (χ0v) is 12.6. The number of rotatable bonds is 3. The molecule has 0 bridgehead atoms. The zero-order valence-electron chi connectivity index (χ0n) is 12.6. The first-order valence-corrected chi connectivity index (χ1v) is 8.09. The van der Waals surface area contributed by atoms with Crippen LogP contribution in [0.3, 0.4) is 0 Å². The molecule has 0 radical (unpaired) electrons. The minimum absolute atomic E-state index is 0.0742. The van der Waals surface area contributed by atoms with Gasteiger partial charge in [0.25, 0.3) is 0 Å². The summed E-state index contributed by atoms with van der Waals surface area (Å²) in [4.78, 5) is 17.2. The van der Waals surface area contributed by atoms with Crippen LogP contribution in [0.25, 0.3) is 0 Å². The summed E-state index contributed by atoms with van der Waals surface area (Å²) in [5.41, 5.74) is 7.07. The van der Waals surface area contributed by atoms with Crippen molar-refractivity contribution in [3.05, 3.63) is 35.9 Å². The molecule has 1 amide bonds. The van der Waals surface area contributed by atoms with Crippen LogP contribution >= 0.6 is 0 Å². The monoisotopic (exact) mass is 287 g/mol. The van der Waals surface area contributed by atoms with Gasteiger partial charge in [0.15, 0.2) is 0 Å². The van der Waals surface area contributed by atoms with E-state index in [-0.39, 0.29) is 5.91 Å². The van der Waals surface area contributed by atoms with Crippen molar-refractivity contribution in [2.45, 2.75) is 37.8 Å². The second-order valence-corrected chi connectivity index (χ2v) is 6.21. The summed E-state index contributed by atoms with van der Waals surface area (Å²) >= 11 is 0. The van der Waals surface area contributed by atoms with Crippen molar-refractivity contribution in [1.29, 1.82) is 0 Å². The first-order chi connectivity index (χ1) is 10.3. The average Bonchev–Trinajstić information content (AvgIpc) is 3.09. The maximum atomic E-state index is 12.6. The lowest BCUT2D eigenvalue weighted by atomic mass is 10.0. The Bertz CT molecular complexity index is 470. The molecule has 2 N–H and O–H groups in total. The molecule has 2 aliphatic heterocycles. The summed E-state index contributed by atoms with van der Waals surface area (Å²) in [5.74, 6) is 0.0742. The van der Waals surface area contributed by atoms with Crippen LogP contribution in [-0.2, 0) is 4.79 Å². The minimum Gasteiger partial charge on any atom is -0.339 e. The molecule has 3 rings (SSSR count). The van der Waals surface area contributed by atoms with Gasteiger partial charge in [-0.1, -0.05) is 30.3 Å². The predicted octanol–water partition coefficient (Wildman–Crippen LogP) is 1.77. The molecule has 0 saturated carbocycles. The molecule has 2 aliphatic rings. The third kappa shape index (κ3) is 3.27. The smallest absolute Gasteiger partial charge is 0.244 e. The van der Waals surface area contributed by atoms with Gasteiger partial charge in [0, 0.05) is 19.1 Å². The van der Waals surface area contributed by atoms with Crippen LogP contribution < -0.4 is 5.73 Å². The Morgan fingerprint density at radius 2 is 1.81 bits per heavy atom. The number of piperidine rings is 1. The van der Waals surface area contributed by atoms with Gasteiger partial charge >= 0.3 is 0 Å². The molecule has 2 unspecified atom stereocenters. The molecule has 0 aliphatic carbocycles. The van der Waals surface area contributed by atoms with E-state index in [0.29, 0.717) is 6.04 Å². The second kappa shape index (κ2) is 6.58. The van der Waals surface area contributed by atoms with Crippen molar-refractivity contribution in [2.75, 3.05) is 26.2 Å². The van der Waals surface area contributed by atoms with Crippen molar-refractivity contribution in [3.63, 3.8) is 0 Å². The van der Waals surface area contributed by atoms with Crippen LogP contribution in [0.5, 0.6) is 0 Å². The highest BCUT2D eigenvalue weighted by Crippen LogP contribution is 2.22. The largest absolute Gasteiger partial charge is 0.339 e. The Morgan fingerprint density at radius 1 is 1.10 bits per heavy atom. The minimum atomic E-state index is -0.525. The highest BCUT2D eigenvalue weighted by atomic mass is 16.2. The van der Waals surface area contributed by atoms with E-state index in [9.17, 15) is 4.79 Å². The fraction of sp³-hybridized carbons (Fsp3) is 0.588. The average molecular weight is 287 g/mol. The quantitative estimate of drug-likeness (QED) is 0.922. The van der Waals surface area contributed by atoms with Crippen LogP contribution in [0, 0.1) is 0 Å². The Kier molecular flexibility index (Phi) is 4.56. The normalized spacial score (nSPS) is 25.0. The van der Waals surface area contributed by atoms with Gasteiger partial charge in [-0.15, -0.1) is 0 Å². The van der Waals surface area contributed by atoms with Gasteiger partial charge in [0.2, 0.25) is 5.91 Å². The van der Waals surface area contributed by atoms with Crippen LogP contribution in [0.15, 0.2) is 30.3 Å². The maximum absolute atomic E-state index is 12.6. The van der Waals surface area contributed by atoms with Gasteiger partial charge in [-0.2, -0.15) is 0 Å². The summed E-state index contributed by atoms with van der Waals surface area (Å²) < 4.78 is 0. The van der Waals surface area contributed by atoms with Gasteiger partial charge in [0.1, 0.15) is 6.04 Å². The van der Waals surface area contributed by atoms with Gasteiger partial charge in [-0.25, -0.2) is 0 Å². The first kappa shape index (κ1) is 14.5. The molecule has 2 atom stereocenters. The van der Waals surface area contributed by atoms with Crippen molar-refractivity contribution in [1.82, 2.24) is 9.80 Å². The number of amides is 1. The number of hydrogen-bond donors (Lipinski definition) is 1. The van der Waals surface area contributed by atoms with E-state index in [1.54, 1.807) is 0 Å². The lowest BCUT2D eigenvalue weighted by Gasteiger charge is -2.38. The molecule has 4 nitrogen and oxygen atoms in total. The summed E-state index contributed by atoms with van der Waals surface area (Å²) in [6.07, 6.45) is 4.90. The SMILES string of the molecule is NC(C(=O)N1CCCC(N2CCCC2)C1)c1ccccc1. The van der Waals surface area contributed by atoms with Crippen molar-refractivity contribution < 1.29 is 4.79 Å². The third-order valence-corrected chi connectivity index (χ3v) is 4.79. The molecule has 21 heavy (non-hydrogen) atoms. The van der Waals surface area contributed by atoms with E-state index in [1.807, 2.05) is 35.2 Å². The highest BCUT2D eigenvalue weighted by Gasteiger charge is 2.31. The van der Waals surface area contributed by atoms with Crippen molar-refractivity contribution in [2.24, 2.45) is 5.73 Å². The van der Waals surface area contributed by atoms with E-state index in [0.717, 1.165) is 25.1 Å². The second-order valence-electron chi connectivity index (χ2n) is 6.21. The number of nitrogens with two attached hydrogens (primary N) is 1. The first-order valence-electron chi connectivity index (χ1n) is 8.09. The maximum Gasteiger partial charge on any atom is 0.244 e. The Balaban J connectivity index is 1.64. The third-order valence-electron chi connectivity index (χ3n) is 4.79. The lowest BCUT2D eigenvalue weighted by Crippen LogP contribution is -2.51. The topological polar surface area (TPSA) is 49.6 Å². The highest BCUT2D eigenvalue weighted by molar-refractivity contribution is 5.83. The van der Waals surface area contributed by atoms with Gasteiger partial charge in [-0.05, 0) is 44.3 Å². The Hall–Kier alpha value is -1.39. The van der Waals surface area contributed by atoms with E-state index < -0.39 is 6.04 Å². The predicted molar refractivity (Wildman–Crippen MR) is 83.8 cm³/mol. The molecule has 1 aromatic carbocycles. The van der Waals surface area contributed by atoms with Gasteiger partial charge in [-0.3, -0.25) is 9.69 Å². The van der Waals surface area contributed by atoms with Crippen molar-refractivity contribution >= 4 is 5.91 Å². The fourth-order valence-electron chi connectivity index (χ4n) is 3.56. The molecule has 2 heterocycles. The summed E-state index contributed by atoms with van der Waals surface area (Å²) in [6.45, 7) is 4.08. The number of carbonyl (C=O) groups is 1. The van der Waals surface area contributed by atoms with E-state index in [1.165, 1.54) is 32.4 Å². The molecule has 4 heteroatoms. The Labute approximate surface area is 126 Å². The van der Waals surface area contributed by atoms with E-state index in [4.69, 9.17) is 5.73 Å². The number of benzene rings is 1. The molecule has 0 aromatic heterocycles. The molecule has 0 spiro atoms. The van der Waals surface area contributed by atoms with Crippen LogP contribution in [0.2, 0.25) is 0 Å². The summed E-state index contributed by atoms with van der Waals surface area (Å²) in [5, 5.41) is 0. The van der Waals surface area contributed by atoms with Crippen LogP contribution in [0.1, 0.15) is 37.3 Å². The molecule has 2 fully saturated rings. The van der Waals surface area contributed by atoms with Crippen LogP contribution in [-0.4, -0.2) is 47.9 Å². The van der Waals surface area contributed by atoms with E-state index in [2.05, 4.69) is 4.90 Å². The number of carbonyl (C=O) groups excluding carboxylic acids is 1. The summed E-state index contributed by atoms with van der Waals surface area (Å²) in [7, 11) is 0. The molecule has 114 valence electrons. The van der Waals surface area contributed by atoms with Crippen molar-refractivity contribution in [3.8, 4) is 0 Å². The number of likely N-dealkylation sites (tertiary alicyclic amines) is 2. The zero-order chi connectivity index (χ0) is 14.7. The summed E-state index contributed by atoms with van der Waals surface area (Å²) in [6, 6.07) is 9.70. The number of hydrogen-bond acceptors (Lipinski definition) is 3.